The number of fused-ring (bicyclic) bond motifs is 1. The molecule has 2 aromatic heterocycles. The number of nitrogen functional groups attached to an aromatic ring is 2. The Morgan fingerprint density at radius 2 is 1.79 bits per heavy atom. The van der Waals surface area contributed by atoms with Crippen molar-refractivity contribution in [3.05, 3.63) is 47.3 Å². The number of morpholine rings is 1. The van der Waals surface area contributed by atoms with Crippen molar-refractivity contribution in [1.29, 1.82) is 0 Å². The van der Waals surface area contributed by atoms with Gasteiger partial charge in [0.05, 0.1) is 19.8 Å². The van der Waals surface area contributed by atoms with Gasteiger partial charge in [0.15, 0.2) is 17.5 Å². The molecule has 1 aromatic carbocycles. The van der Waals surface area contributed by atoms with Crippen molar-refractivity contribution in [3.63, 3.8) is 0 Å². The Morgan fingerprint density at radius 3 is 2.48 bits per heavy atom. The summed E-state index contributed by atoms with van der Waals surface area (Å²) in [5.41, 5.74) is 15.1. The van der Waals surface area contributed by atoms with Crippen LogP contribution in [0, 0.1) is 5.82 Å². The van der Waals surface area contributed by atoms with Crippen LogP contribution in [0.15, 0.2) is 30.3 Å². The van der Waals surface area contributed by atoms with Crippen molar-refractivity contribution in [2.24, 2.45) is 0 Å². The van der Waals surface area contributed by atoms with Crippen LogP contribution in [0.25, 0.3) is 17.6 Å². The van der Waals surface area contributed by atoms with Gasteiger partial charge in [0.1, 0.15) is 23.0 Å². The van der Waals surface area contributed by atoms with Gasteiger partial charge in [-0.2, -0.15) is 5.10 Å². The molecule has 0 aliphatic carbocycles. The van der Waals surface area contributed by atoms with E-state index in [9.17, 15) is 4.39 Å². The molecular weight excluding hydrogens is 423 g/mol. The number of nitrogens with two attached hydrogens (primary N) is 2. The maximum absolute atomic E-state index is 14.2. The first-order valence-corrected chi connectivity index (χ1v) is 11.1. The highest BCUT2D eigenvalue weighted by atomic mass is 19.1. The molecule has 33 heavy (non-hydrogen) atoms. The van der Waals surface area contributed by atoms with E-state index in [-0.39, 0.29) is 12.4 Å². The molecular formula is C23H29FN8O. The topological polar surface area (TPSA) is 120 Å². The normalized spacial score (nSPS) is 14.8. The third-order valence-electron chi connectivity index (χ3n) is 5.42. The summed E-state index contributed by atoms with van der Waals surface area (Å²) < 4.78 is 21.3. The van der Waals surface area contributed by atoms with Gasteiger partial charge in [0, 0.05) is 30.8 Å². The van der Waals surface area contributed by atoms with E-state index in [4.69, 9.17) is 16.2 Å². The fourth-order valence-corrected chi connectivity index (χ4v) is 3.93. The predicted molar refractivity (Wildman–Crippen MR) is 129 cm³/mol. The van der Waals surface area contributed by atoms with Crippen molar-refractivity contribution in [2.45, 2.75) is 20.4 Å². The fourth-order valence-electron chi connectivity index (χ4n) is 3.93. The van der Waals surface area contributed by atoms with Crippen molar-refractivity contribution in [2.75, 3.05) is 54.5 Å². The van der Waals surface area contributed by atoms with Crippen LogP contribution in [0.4, 0.5) is 27.5 Å². The Bertz CT molecular complexity index is 1130. The van der Waals surface area contributed by atoms with Gasteiger partial charge in [-0.1, -0.05) is 44.2 Å². The summed E-state index contributed by atoms with van der Waals surface area (Å²) in [6, 6.07) is 6.65. The van der Waals surface area contributed by atoms with Crippen molar-refractivity contribution in [3.8, 4) is 11.5 Å². The number of anilines is 4. The highest BCUT2D eigenvalue weighted by molar-refractivity contribution is 5.82. The molecule has 2 aliphatic heterocycles. The summed E-state index contributed by atoms with van der Waals surface area (Å²) in [6.07, 6.45) is 3.94. The molecule has 5 N–H and O–H groups in total. The zero-order chi connectivity index (χ0) is 23.4. The second-order valence-corrected chi connectivity index (χ2v) is 7.41. The van der Waals surface area contributed by atoms with Crippen LogP contribution >= 0.6 is 0 Å². The Morgan fingerprint density at radius 1 is 1.09 bits per heavy atom. The number of halogens is 1. The van der Waals surface area contributed by atoms with Gasteiger partial charge in [-0.15, -0.1) is 0 Å². The minimum atomic E-state index is -0.278. The van der Waals surface area contributed by atoms with E-state index in [0.717, 1.165) is 11.4 Å². The number of hydrogen-bond acceptors (Lipinski definition) is 8. The Kier molecular flexibility index (Phi) is 6.74. The van der Waals surface area contributed by atoms with E-state index in [1.165, 1.54) is 6.07 Å². The highest BCUT2D eigenvalue weighted by Crippen LogP contribution is 2.35. The number of aromatic nitrogens is 4. The van der Waals surface area contributed by atoms with Gasteiger partial charge < -0.3 is 26.4 Å². The lowest BCUT2D eigenvalue weighted by atomic mass is 10.1. The molecule has 4 heterocycles. The number of nitrogens with zero attached hydrogens (tertiary/aromatic N) is 5. The summed E-state index contributed by atoms with van der Waals surface area (Å²) in [5.74, 6) is 1.44. The summed E-state index contributed by atoms with van der Waals surface area (Å²) >= 11 is 0. The van der Waals surface area contributed by atoms with Gasteiger partial charge in [0.2, 0.25) is 0 Å². The molecule has 0 radical (unpaired) electrons. The number of nitrogens with one attached hydrogen (secondary N) is 1. The Hall–Kier alpha value is -3.66. The zero-order valence-electron chi connectivity index (χ0n) is 18.9. The first kappa shape index (κ1) is 22.5. The van der Waals surface area contributed by atoms with Crippen molar-refractivity contribution in [1.82, 2.24) is 19.7 Å². The number of hydrogen-bond donors (Lipinski definition) is 3. The molecule has 0 saturated carbocycles. The Labute approximate surface area is 192 Å². The molecule has 0 spiro atoms. The average Bonchev–Trinajstić information content (AvgIpc) is 3.21. The van der Waals surface area contributed by atoms with Crippen LogP contribution in [0.1, 0.15) is 25.0 Å². The molecule has 5 rings (SSSR count). The summed E-state index contributed by atoms with van der Waals surface area (Å²) in [5, 5.41) is 7.99. The van der Waals surface area contributed by atoms with Crippen LogP contribution in [0.5, 0.6) is 0 Å². The SMILES string of the molecule is CC.Nc1nc(-c2nn(Cc3ccccc3F)c3c2C=CCN3)nc(N)c1N1CCOCC1. The standard InChI is InChI=1S/C21H23FN8O.C2H6/c22-15-6-2-1-4-13(15)12-30-21-14(5-3-7-25-21)16(28-30)20-26-18(23)17(19(24)27-20)29-8-10-31-11-9-29;1-2/h1-6,25H,7-12H2,(H4,23,24,26,27);1-2H3. The van der Waals surface area contributed by atoms with Crippen molar-refractivity contribution >= 4 is 29.2 Å². The van der Waals surface area contributed by atoms with Gasteiger partial charge in [-0.3, -0.25) is 0 Å². The van der Waals surface area contributed by atoms with E-state index in [0.29, 0.717) is 67.3 Å². The smallest absolute Gasteiger partial charge is 0.184 e. The van der Waals surface area contributed by atoms with Crippen LogP contribution in [0.3, 0.4) is 0 Å². The molecule has 9 nitrogen and oxygen atoms in total. The van der Waals surface area contributed by atoms with Crippen LogP contribution in [-0.2, 0) is 11.3 Å². The first-order chi connectivity index (χ1) is 16.1. The molecule has 0 bridgehead atoms. The van der Waals surface area contributed by atoms with Crippen LogP contribution in [0.2, 0.25) is 0 Å². The number of benzene rings is 1. The third-order valence-corrected chi connectivity index (χ3v) is 5.42. The summed E-state index contributed by atoms with van der Waals surface area (Å²) in [7, 11) is 0. The maximum Gasteiger partial charge on any atom is 0.184 e. The quantitative estimate of drug-likeness (QED) is 0.553. The van der Waals surface area contributed by atoms with Crippen LogP contribution in [-0.4, -0.2) is 52.6 Å². The largest absolute Gasteiger partial charge is 0.382 e. The van der Waals surface area contributed by atoms with Crippen molar-refractivity contribution < 1.29 is 9.13 Å². The minimum absolute atomic E-state index is 0.271. The molecule has 1 fully saturated rings. The number of ether oxygens (including phenoxy) is 1. The molecule has 2 aliphatic rings. The Balaban J connectivity index is 0.00000126. The third kappa shape index (κ3) is 4.47. The first-order valence-electron chi connectivity index (χ1n) is 11.1. The van der Waals surface area contributed by atoms with E-state index in [1.807, 2.05) is 30.9 Å². The second kappa shape index (κ2) is 9.86. The summed E-state index contributed by atoms with van der Waals surface area (Å²) in [4.78, 5) is 11.1. The highest BCUT2D eigenvalue weighted by Gasteiger charge is 2.25. The van der Waals surface area contributed by atoms with Gasteiger partial charge in [-0.05, 0) is 6.07 Å². The lowest BCUT2D eigenvalue weighted by molar-refractivity contribution is 0.123. The van der Waals surface area contributed by atoms with Gasteiger partial charge in [-0.25, -0.2) is 19.0 Å². The molecule has 3 aromatic rings. The minimum Gasteiger partial charge on any atom is -0.382 e. The summed E-state index contributed by atoms with van der Waals surface area (Å²) in [6.45, 7) is 7.48. The average molecular weight is 453 g/mol. The van der Waals surface area contributed by atoms with Gasteiger partial charge >= 0.3 is 0 Å². The molecule has 0 atom stereocenters. The zero-order valence-corrected chi connectivity index (χ0v) is 18.9. The van der Waals surface area contributed by atoms with E-state index < -0.39 is 0 Å². The lowest BCUT2D eigenvalue weighted by Gasteiger charge is -2.30. The molecule has 1 saturated heterocycles. The molecule has 10 heteroatoms. The molecule has 0 amide bonds. The van der Waals surface area contributed by atoms with E-state index in [1.54, 1.807) is 22.9 Å². The monoisotopic (exact) mass is 452 g/mol. The lowest BCUT2D eigenvalue weighted by Crippen LogP contribution is -2.37. The maximum atomic E-state index is 14.2. The van der Waals surface area contributed by atoms with Crippen LogP contribution < -0.4 is 21.7 Å². The molecule has 0 unspecified atom stereocenters. The van der Waals surface area contributed by atoms with Gasteiger partial charge in [0.25, 0.3) is 0 Å². The molecule has 174 valence electrons. The van der Waals surface area contributed by atoms with E-state index >= 15 is 0 Å². The van der Waals surface area contributed by atoms with E-state index in [2.05, 4.69) is 20.4 Å². The fraction of sp³-hybridized carbons (Fsp3) is 0.348. The number of rotatable bonds is 4. The predicted octanol–water partition coefficient (Wildman–Crippen LogP) is 2.99. The second-order valence-electron chi connectivity index (χ2n) is 7.41.